The highest BCUT2D eigenvalue weighted by Crippen LogP contribution is 2.25. The largest absolute Gasteiger partial charge is 0.481 e. The number of amides is 9. The summed E-state index contributed by atoms with van der Waals surface area (Å²) >= 11 is 0. The Kier molecular flexibility index (Phi) is 31.7. The molecule has 9 atom stereocenters. The van der Waals surface area contributed by atoms with Crippen LogP contribution in [0.1, 0.15) is 189 Å². The molecule has 1 aromatic carbocycles. The monoisotopic (exact) mass is 1230 g/mol. The minimum atomic E-state index is -1.68. The molecule has 4 rings (SSSR count). The van der Waals surface area contributed by atoms with Gasteiger partial charge in [-0.2, -0.15) is 0 Å². The third-order valence-corrected chi connectivity index (χ3v) is 16.7. The third-order valence-electron chi connectivity index (χ3n) is 16.7. The Balaban J connectivity index is 1.54. The van der Waals surface area contributed by atoms with Crippen molar-refractivity contribution in [2.75, 3.05) is 33.2 Å². The maximum atomic E-state index is 15.0. The standard InChI is InChI=1S/C64H107N13O11/c1-9-10-11-12-20-29-54(78)76-31-22-25-44(38-76)56(81)71-49(35-43-23-16-15-17-24-43)59(84)72-48(32-40(2)3)58(83)74-51(33-41(4)5)62(87)77-39-45(65)36-53(77)63(88)75(8)52(34-42(6)7)61(86)73-50(37-55(79)80)60(85)70-47(28-21-30-68-64(66)67)57(82)69-46-26-18-13-14-19-27-46/h15-17,23-24,40-42,44-53H,9-14,18-22,25-39,65H2,1-8H3,(H,69,82)(H,70,85)(H,71,81)(H,72,84)(H,73,86)(H,74,83)(H,79,80)(H4,66,67,68)/t44-,45+,47-,48+,49-,50-,51-,52-,53-/m0/s1. The molecule has 2 heterocycles. The molecule has 0 radical (unpaired) electrons. The van der Waals surface area contributed by atoms with Crippen molar-refractivity contribution in [2.45, 2.75) is 244 Å². The number of carbonyl (C=O) groups is 10. The topological polar surface area (TPSA) is 363 Å². The molecule has 24 heteroatoms. The summed E-state index contributed by atoms with van der Waals surface area (Å²) in [5.41, 5.74) is 18.3. The lowest BCUT2D eigenvalue weighted by Gasteiger charge is -2.35. The fourth-order valence-electron chi connectivity index (χ4n) is 12.0. The lowest BCUT2D eigenvalue weighted by atomic mass is 9.95. The molecule has 0 bridgehead atoms. The van der Waals surface area contributed by atoms with Crippen molar-refractivity contribution in [1.82, 2.24) is 46.6 Å². The zero-order valence-corrected chi connectivity index (χ0v) is 53.8. The quantitative estimate of drug-likeness (QED) is 0.0201. The number of carbonyl (C=O) groups excluding carboxylic acids is 9. The van der Waals surface area contributed by atoms with E-state index in [0.717, 1.165) is 76.2 Å². The van der Waals surface area contributed by atoms with Crippen molar-refractivity contribution >= 4 is 65.1 Å². The first-order chi connectivity index (χ1) is 41.8. The summed E-state index contributed by atoms with van der Waals surface area (Å²) in [7, 11) is 1.39. The van der Waals surface area contributed by atoms with Crippen molar-refractivity contribution in [3.63, 3.8) is 0 Å². The molecule has 494 valence electrons. The molecule has 0 aromatic heterocycles. The SMILES string of the molecule is CCCCCCCC(=O)N1CCC[C@H](C(=O)N[C@@H](Cc2ccccc2)C(=O)N[C@H](CC(C)C)C(=O)N[C@@H](CC(C)C)C(=O)N2C[C@H](N)C[C@H]2C(=O)N(C)[C@@H](CC(C)C)C(=O)N[C@@H](CC(=O)O)C(=O)N[C@@H](CCCN=C(N)N)C(=O)NC2CCCCCC2)C1. The number of hydrogen-bond acceptors (Lipinski definition) is 12. The van der Waals surface area contributed by atoms with Crippen LogP contribution in [0.3, 0.4) is 0 Å². The van der Waals surface area contributed by atoms with E-state index in [1.54, 1.807) is 4.90 Å². The summed E-state index contributed by atoms with van der Waals surface area (Å²) in [6.07, 6.45) is 12.1. The Bertz CT molecular complexity index is 2470. The first kappa shape index (κ1) is 73.6. The number of aliphatic carboxylic acids is 1. The van der Waals surface area contributed by atoms with E-state index in [4.69, 9.17) is 17.2 Å². The fourth-order valence-corrected chi connectivity index (χ4v) is 12.0. The summed E-state index contributed by atoms with van der Waals surface area (Å²) in [5, 5.41) is 27.1. The number of piperidine rings is 1. The number of carboxylic acids is 1. The number of unbranched alkanes of at least 4 members (excludes halogenated alkanes) is 4. The van der Waals surface area contributed by atoms with E-state index in [1.165, 1.54) is 16.8 Å². The van der Waals surface area contributed by atoms with Gasteiger partial charge in [-0.1, -0.05) is 130 Å². The summed E-state index contributed by atoms with van der Waals surface area (Å²) in [4.78, 5) is 149. The van der Waals surface area contributed by atoms with Gasteiger partial charge in [0.05, 0.1) is 12.3 Å². The molecule has 1 aliphatic carbocycles. The molecule has 0 unspecified atom stereocenters. The highest BCUT2D eigenvalue weighted by molar-refractivity contribution is 5.99. The third kappa shape index (κ3) is 25.3. The predicted molar refractivity (Wildman–Crippen MR) is 337 cm³/mol. The van der Waals surface area contributed by atoms with E-state index in [9.17, 15) is 53.1 Å². The van der Waals surface area contributed by atoms with Gasteiger partial charge < -0.3 is 68.9 Å². The van der Waals surface area contributed by atoms with E-state index in [0.29, 0.717) is 25.8 Å². The van der Waals surface area contributed by atoms with Crippen LogP contribution >= 0.6 is 0 Å². The van der Waals surface area contributed by atoms with Gasteiger partial charge in [-0.05, 0) is 93.9 Å². The first-order valence-corrected chi connectivity index (χ1v) is 32.5. The first-order valence-electron chi connectivity index (χ1n) is 32.5. The zero-order chi connectivity index (χ0) is 65.0. The Labute approximate surface area is 521 Å². The van der Waals surface area contributed by atoms with Gasteiger partial charge in [0, 0.05) is 58.2 Å². The molecule has 88 heavy (non-hydrogen) atoms. The van der Waals surface area contributed by atoms with Crippen molar-refractivity contribution < 1.29 is 53.1 Å². The lowest BCUT2D eigenvalue weighted by molar-refractivity contribution is -0.149. The molecular weight excluding hydrogens is 1130 g/mol. The van der Waals surface area contributed by atoms with Gasteiger partial charge in [-0.25, -0.2) is 0 Å². The molecule has 2 saturated heterocycles. The Morgan fingerprint density at radius 3 is 1.88 bits per heavy atom. The van der Waals surface area contributed by atoms with E-state index in [-0.39, 0.29) is 106 Å². The molecule has 3 fully saturated rings. The number of likely N-dealkylation sites (N-methyl/N-ethyl adjacent to an activating group) is 1. The normalized spacial score (nSPS) is 19.2. The van der Waals surface area contributed by atoms with Gasteiger partial charge in [-0.15, -0.1) is 0 Å². The molecule has 1 saturated carbocycles. The molecule has 9 amide bonds. The van der Waals surface area contributed by atoms with E-state index in [1.807, 2.05) is 71.9 Å². The zero-order valence-electron chi connectivity index (χ0n) is 53.8. The second-order valence-corrected chi connectivity index (χ2v) is 25.9. The average molecular weight is 1230 g/mol. The van der Waals surface area contributed by atoms with Gasteiger partial charge in [0.25, 0.3) is 0 Å². The van der Waals surface area contributed by atoms with Crippen LogP contribution in [-0.4, -0.2) is 173 Å². The number of likely N-dealkylation sites (tertiary alicyclic amines) is 2. The van der Waals surface area contributed by atoms with E-state index in [2.05, 4.69) is 43.8 Å². The molecule has 2 aliphatic heterocycles. The van der Waals surface area contributed by atoms with Crippen LogP contribution in [0.5, 0.6) is 0 Å². The van der Waals surface area contributed by atoms with Crippen molar-refractivity contribution in [3.05, 3.63) is 35.9 Å². The number of nitrogens with two attached hydrogens (primary N) is 3. The highest BCUT2D eigenvalue weighted by Gasteiger charge is 2.45. The Morgan fingerprint density at radius 2 is 1.25 bits per heavy atom. The number of carboxylic acid groups (broad SMARTS) is 1. The summed E-state index contributed by atoms with van der Waals surface area (Å²) < 4.78 is 0. The Morgan fingerprint density at radius 1 is 0.659 bits per heavy atom. The van der Waals surface area contributed by atoms with E-state index >= 15 is 0 Å². The lowest BCUT2D eigenvalue weighted by Crippen LogP contribution is -2.60. The van der Waals surface area contributed by atoms with E-state index < -0.39 is 108 Å². The van der Waals surface area contributed by atoms with Gasteiger partial charge in [0.15, 0.2) is 5.96 Å². The van der Waals surface area contributed by atoms with Crippen molar-refractivity contribution in [2.24, 2.45) is 45.9 Å². The second kappa shape index (κ2) is 37.9. The van der Waals surface area contributed by atoms with Crippen LogP contribution in [0.2, 0.25) is 0 Å². The molecule has 3 aliphatic rings. The van der Waals surface area contributed by atoms with Crippen LogP contribution in [0.15, 0.2) is 35.3 Å². The van der Waals surface area contributed by atoms with Crippen LogP contribution in [-0.2, 0) is 54.4 Å². The number of benzene rings is 1. The Hall–Kier alpha value is -6.85. The molecule has 24 nitrogen and oxygen atoms in total. The van der Waals surface area contributed by atoms with Crippen LogP contribution in [0.4, 0.5) is 0 Å². The fraction of sp³-hybridized carbons (Fsp3) is 0.734. The van der Waals surface area contributed by atoms with Gasteiger partial charge in [0.2, 0.25) is 53.2 Å². The minimum absolute atomic E-state index is 0.000307. The molecule has 0 spiro atoms. The van der Waals surface area contributed by atoms with Crippen LogP contribution in [0.25, 0.3) is 0 Å². The highest BCUT2D eigenvalue weighted by atomic mass is 16.4. The summed E-state index contributed by atoms with van der Waals surface area (Å²) in [6, 6.07) is -0.381. The molecular formula is C64H107N13O11. The number of nitrogens with one attached hydrogen (secondary N) is 6. The number of hydrogen-bond donors (Lipinski definition) is 10. The summed E-state index contributed by atoms with van der Waals surface area (Å²) in [5.74, 6) is -7.72. The van der Waals surface area contributed by atoms with Crippen LogP contribution in [0, 0.1) is 23.7 Å². The summed E-state index contributed by atoms with van der Waals surface area (Å²) in [6.45, 7) is 14.2. The van der Waals surface area contributed by atoms with Crippen molar-refractivity contribution in [1.29, 1.82) is 0 Å². The van der Waals surface area contributed by atoms with Crippen molar-refractivity contribution in [3.8, 4) is 0 Å². The maximum absolute atomic E-state index is 15.0. The number of guanidine groups is 1. The molecule has 13 N–H and O–H groups in total. The molecule has 1 aromatic rings. The smallest absolute Gasteiger partial charge is 0.305 e. The van der Waals surface area contributed by atoms with Gasteiger partial charge in [0.1, 0.15) is 42.3 Å². The minimum Gasteiger partial charge on any atom is -0.481 e. The average Bonchev–Trinajstić information content (AvgIpc) is 3.91. The van der Waals surface area contributed by atoms with Gasteiger partial charge >= 0.3 is 5.97 Å². The number of nitrogens with zero attached hydrogens (tertiary/aromatic N) is 4. The number of rotatable bonds is 35. The predicted octanol–water partition coefficient (Wildman–Crippen LogP) is 3.51. The maximum Gasteiger partial charge on any atom is 0.305 e. The number of aliphatic imine (C=N–C) groups is 1. The second-order valence-electron chi connectivity index (χ2n) is 25.9. The van der Waals surface area contributed by atoms with Crippen LogP contribution < -0.4 is 49.1 Å². The van der Waals surface area contributed by atoms with Gasteiger partial charge in [-0.3, -0.25) is 52.9 Å².